The SMILES string of the molecule is CN1CCc2c(c3cc(F)ccc3n2/C=C/c2ccncc2)C1. The predicted octanol–water partition coefficient (Wildman–Crippen LogP) is 3.79. The van der Waals surface area contributed by atoms with Crippen LogP contribution in [0.15, 0.2) is 42.7 Å². The molecule has 3 heterocycles. The molecule has 0 fully saturated rings. The van der Waals surface area contributed by atoms with Crippen LogP contribution in [0.3, 0.4) is 0 Å². The lowest BCUT2D eigenvalue weighted by molar-refractivity contribution is 0.312. The zero-order valence-electron chi connectivity index (χ0n) is 13.0. The van der Waals surface area contributed by atoms with Crippen molar-refractivity contribution >= 4 is 23.2 Å². The maximum Gasteiger partial charge on any atom is 0.123 e. The van der Waals surface area contributed by atoms with E-state index in [9.17, 15) is 4.39 Å². The molecule has 4 heteroatoms. The Morgan fingerprint density at radius 1 is 1.17 bits per heavy atom. The number of likely N-dealkylation sites (N-methyl/N-ethyl adjacent to an activating group) is 1. The van der Waals surface area contributed by atoms with Crippen molar-refractivity contribution in [2.45, 2.75) is 13.0 Å². The Labute approximate surface area is 134 Å². The van der Waals surface area contributed by atoms with E-state index >= 15 is 0 Å². The summed E-state index contributed by atoms with van der Waals surface area (Å²) in [5, 5.41) is 1.02. The fourth-order valence-electron chi connectivity index (χ4n) is 3.31. The Morgan fingerprint density at radius 2 is 2.00 bits per heavy atom. The third kappa shape index (κ3) is 2.55. The van der Waals surface area contributed by atoms with E-state index in [4.69, 9.17) is 0 Å². The Kier molecular flexibility index (Phi) is 3.46. The van der Waals surface area contributed by atoms with Crippen molar-refractivity contribution in [2.24, 2.45) is 0 Å². The van der Waals surface area contributed by atoms with Gasteiger partial charge in [0.05, 0.1) is 5.52 Å². The summed E-state index contributed by atoms with van der Waals surface area (Å²) in [6.45, 7) is 1.89. The first kappa shape index (κ1) is 14.2. The van der Waals surface area contributed by atoms with Gasteiger partial charge in [0, 0.05) is 49.2 Å². The van der Waals surface area contributed by atoms with Crippen LogP contribution in [0, 0.1) is 5.82 Å². The maximum absolute atomic E-state index is 13.7. The fraction of sp³-hybridized carbons (Fsp3) is 0.211. The van der Waals surface area contributed by atoms with Crippen molar-refractivity contribution in [1.29, 1.82) is 0 Å². The topological polar surface area (TPSA) is 21.1 Å². The second kappa shape index (κ2) is 5.63. The van der Waals surface area contributed by atoms with Crippen LogP contribution < -0.4 is 0 Å². The highest BCUT2D eigenvalue weighted by Crippen LogP contribution is 2.31. The van der Waals surface area contributed by atoms with Crippen LogP contribution in [0.5, 0.6) is 0 Å². The number of pyridine rings is 1. The molecule has 0 radical (unpaired) electrons. The summed E-state index contributed by atoms with van der Waals surface area (Å²) in [7, 11) is 2.11. The van der Waals surface area contributed by atoms with Gasteiger partial charge < -0.3 is 9.47 Å². The van der Waals surface area contributed by atoms with Gasteiger partial charge in [-0.1, -0.05) is 0 Å². The molecule has 1 aliphatic heterocycles. The predicted molar refractivity (Wildman–Crippen MR) is 91.4 cm³/mol. The summed E-state index contributed by atoms with van der Waals surface area (Å²) < 4.78 is 15.9. The highest BCUT2D eigenvalue weighted by Gasteiger charge is 2.21. The highest BCUT2D eigenvalue weighted by atomic mass is 19.1. The average molecular weight is 307 g/mol. The van der Waals surface area contributed by atoms with Gasteiger partial charge in [-0.25, -0.2) is 4.39 Å². The quantitative estimate of drug-likeness (QED) is 0.718. The lowest BCUT2D eigenvalue weighted by Crippen LogP contribution is -2.26. The summed E-state index contributed by atoms with van der Waals surface area (Å²) in [6, 6.07) is 9.02. The van der Waals surface area contributed by atoms with Gasteiger partial charge in [-0.2, -0.15) is 0 Å². The molecule has 0 saturated carbocycles. The number of aromatic nitrogens is 2. The van der Waals surface area contributed by atoms with Gasteiger partial charge in [0.2, 0.25) is 0 Å². The van der Waals surface area contributed by atoms with Gasteiger partial charge in [0.1, 0.15) is 5.82 Å². The molecule has 0 spiro atoms. The number of benzene rings is 1. The zero-order valence-corrected chi connectivity index (χ0v) is 13.0. The van der Waals surface area contributed by atoms with E-state index in [1.54, 1.807) is 18.5 Å². The molecule has 0 saturated heterocycles. The molecule has 0 unspecified atom stereocenters. The number of hydrogen-bond acceptors (Lipinski definition) is 2. The Balaban J connectivity index is 1.87. The van der Waals surface area contributed by atoms with Gasteiger partial charge in [0.25, 0.3) is 0 Å². The normalized spacial score (nSPS) is 15.4. The van der Waals surface area contributed by atoms with E-state index in [1.807, 2.05) is 18.2 Å². The first-order valence-corrected chi connectivity index (χ1v) is 7.80. The standard InChI is InChI=1S/C19H18FN3/c1-22-10-7-19-17(13-22)16-12-15(20)2-3-18(16)23(19)11-6-14-4-8-21-9-5-14/h2-6,8-9,11-12H,7,10,13H2,1H3/b11-6+. The summed E-state index contributed by atoms with van der Waals surface area (Å²) in [6.07, 6.45) is 8.70. The number of fused-ring (bicyclic) bond motifs is 3. The third-order valence-electron chi connectivity index (χ3n) is 4.46. The Morgan fingerprint density at radius 3 is 2.83 bits per heavy atom. The molecule has 0 N–H and O–H groups in total. The molecule has 1 aliphatic rings. The van der Waals surface area contributed by atoms with Crippen LogP contribution >= 0.6 is 0 Å². The van der Waals surface area contributed by atoms with Crippen LogP contribution in [0.25, 0.3) is 23.2 Å². The lowest BCUT2D eigenvalue weighted by atomic mass is 10.1. The van der Waals surface area contributed by atoms with E-state index in [0.717, 1.165) is 36.0 Å². The van der Waals surface area contributed by atoms with Crippen molar-refractivity contribution in [3.8, 4) is 0 Å². The molecular formula is C19H18FN3. The zero-order chi connectivity index (χ0) is 15.8. The summed E-state index contributed by atoms with van der Waals surface area (Å²) >= 11 is 0. The molecule has 0 atom stereocenters. The molecule has 0 bridgehead atoms. The molecular weight excluding hydrogens is 289 g/mol. The van der Waals surface area contributed by atoms with E-state index in [-0.39, 0.29) is 5.82 Å². The smallest absolute Gasteiger partial charge is 0.123 e. The highest BCUT2D eigenvalue weighted by molar-refractivity contribution is 5.88. The molecule has 23 heavy (non-hydrogen) atoms. The number of rotatable bonds is 2. The molecule has 3 aromatic rings. The minimum atomic E-state index is -0.177. The first-order valence-electron chi connectivity index (χ1n) is 7.80. The van der Waals surface area contributed by atoms with Crippen molar-refractivity contribution in [3.05, 3.63) is 65.4 Å². The minimum absolute atomic E-state index is 0.177. The van der Waals surface area contributed by atoms with E-state index in [0.29, 0.717) is 0 Å². The van der Waals surface area contributed by atoms with Crippen LogP contribution in [-0.2, 0) is 13.0 Å². The Bertz CT molecular complexity index is 881. The first-order chi connectivity index (χ1) is 11.2. The van der Waals surface area contributed by atoms with E-state index in [2.05, 4.69) is 33.8 Å². The third-order valence-corrected chi connectivity index (χ3v) is 4.46. The summed E-state index contributed by atoms with van der Waals surface area (Å²) in [4.78, 5) is 6.32. The lowest BCUT2D eigenvalue weighted by Gasteiger charge is -2.23. The molecule has 2 aromatic heterocycles. The van der Waals surface area contributed by atoms with Gasteiger partial charge in [-0.15, -0.1) is 0 Å². The molecule has 3 nitrogen and oxygen atoms in total. The molecule has 4 rings (SSSR count). The number of halogens is 1. The number of hydrogen-bond donors (Lipinski definition) is 0. The van der Waals surface area contributed by atoms with Crippen molar-refractivity contribution in [2.75, 3.05) is 13.6 Å². The minimum Gasteiger partial charge on any atom is -0.320 e. The second-order valence-corrected chi connectivity index (χ2v) is 6.04. The molecule has 0 aliphatic carbocycles. The van der Waals surface area contributed by atoms with Crippen molar-refractivity contribution < 1.29 is 4.39 Å². The van der Waals surface area contributed by atoms with Crippen LogP contribution in [0.1, 0.15) is 16.8 Å². The monoisotopic (exact) mass is 307 g/mol. The maximum atomic E-state index is 13.7. The van der Waals surface area contributed by atoms with Crippen LogP contribution in [-0.4, -0.2) is 28.0 Å². The van der Waals surface area contributed by atoms with Crippen LogP contribution in [0.4, 0.5) is 4.39 Å². The average Bonchev–Trinajstić information content (AvgIpc) is 2.86. The fourth-order valence-corrected chi connectivity index (χ4v) is 3.31. The van der Waals surface area contributed by atoms with Gasteiger partial charge in [0.15, 0.2) is 0 Å². The molecule has 1 aromatic carbocycles. The Hall–Kier alpha value is -2.46. The van der Waals surface area contributed by atoms with Gasteiger partial charge in [-0.3, -0.25) is 4.98 Å². The van der Waals surface area contributed by atoms with E-state index < -0.39 is 0 Å². The van der Waals surface area contributed by atoms with Crippen molar-refractivity contribution in [3.63, 3.8) is 0 Å². The van der Waals surface area contributed by atoms with Gasteiger partial charge in [-0.05, 0) is 54.6 Å². The van der Waals surface area contributed by atoms with Crippen LogP contribution in [0.2, 0.25) is 0 Å². The van der Waals surface area contributed by atoms with Gasteiger partial charge >= 0.3 is 0 Å². The van der Waals surface area contributed by atoms with Crippen molar-refractivity contribution in [1.82, 2.24) is 14.5 Å². The number of nitrogens with zero attached hydrogens (tertiary/aromatic N) is 3. The largest absolute Gasteiger partial charge is 0.320 e. The molecule has 0 amide bonds. The summed E-state index contributed by atoms with van der Waals surface area (Å²) in [5.74, 6) is -0.177. The molecule has 116 valence electrons. The second-order valence-electron chi connectivity index (χ2n) is 6.04. The van der Waals surface area contributed by atoms with E-state index in [1.165, 1.54) is 17.3 Å². The summed E-state index contributed by atoms with van der Waals surface area (Å²) in [5.41, 5.74) is 4.70.